The predicted molar refractivity (Wildman–Crippen MR) is 84.3 cm³/mol. The summed E-state index contributed by atoms with van der Waals surface area (Å²) in [5, 5.41) is 3.35. The SMILES string of the molecule is NC(=O)c1cc2cc(NC(=O)C3=CC=CC(F)=CC3)cnc2[nH]1. The van der Waals surface area contributed by atoms with Gasteiger partial charge in [-0.1, -0.05) is 12.2 Å². The molecule has 0 radical (unpaired) electrons. The third-order valence-corrected chi connectivity index (χ3v) is 3.35. The summed E-state index contributed by atoms with van der Waals surface area (Å²) in [6, 6.07) is 3.23. The molecule has 3 rings (SSSR count). The van der Waals surface area contributed by atoms with Gasteiger partial charge in [0, 0.05) is 11.0 Å². The Kier molecular flexibility index (Phi) is 3.76. The highest BCUT2D eigenvalue weighted by molar-refractivity contribution is 6.05. The molecule has 7 heteroatoms. The van der Waals surface area contributed by atoms with E-state index in [9.17, 15) is 14.0 Å². The monoisotopic (exact) mass is 312 g/mol. The van der Waals surface area contributed by atoms with E-state index in [1.807, 2.05) is 0 Å². The van der Waals surface area contributed by atoms with Crippen LogP contribution in [-0.2, 0) is 4.79 Å². The van der Waals surface area contributed by atoms with Gasteiger partial charge in [0.2, 0.25) is 0 Å². The first-order valence-electron chi connectivity index (χ1n) is 6.86. The number of rotatable bonds is 3. The molecule has 0 aromatic carbocycles. The molecule has 116 valence electrons. The maximum absolute atomic E-state index is 13.1. The molecular weight excluding hydrogens is 299 g/mol. The number of pyridine rings is 1. The number of nitrogens with two attached hydrogens (primary N) is 1. The summed E-state index contributed by atoms with van der Waals surface area (Å²) in [4.78, 5) is 30.3. The summed E-state index contributed by atoms with van der Waals surface area (Å²) in [5.41, 5.74) is 6.84. The number of carbonyl (C=O) groups excluding carboxylic acids is 2. The Balaban J connectivity index is 1.81. The lowest BCUT2D eigenvalue weighted by molar-refractivity contribution is -0.112. The third-order valence-electron chi connectivity index (χ3n) is 3.35. The largest absolute Gasteiger partial charge is 0.364 e. The van der Waals surface area contributed by atoms with Crippen molar-refractivity contribution in [3.05, 3.63) is 59.7 Å². The van der Waals surface area contributed by atoms with Crippen molar-refractivity contribution in [2.45, 2.75) is 6.42 Å². The predicted octanol–water partition coefficient (Wildman–Crippen LogP) is 2.34. The van der Waals surface area contributed by atoms with E-state index in [4.69, 9.17) is 5.73 Å². The molecule has 0 aliphatic heterocycles. The number of carbonyl (C=O) groups is 2. The topological polar surface area (TPSA) is 101 Å². The molecule has 2 aromatic rings. The number of halogens is 1. The number of hydrogen-bond acceptors (Lipinski definition) is 3. The molecule has 1 aliphatic rings. The van der Waals surface area contributed by atoms with E-state index in [0.717, 1.165) is 0 Å². The van der Waals surface area contributed by atoms with Gasteiger partial charge in [-0.3, -0.25) is 9.59 Å². The van der Waals surface area contributed by atoms with Gasteiger partial charge in [0.15, 0.2) is 0 Å². The fourth-order valence-electron chi connectivity index (χ4n) is 2.20. The number of amides is 2. The summed E-state index contributed by atoms with van der Waals surface area (Å²) >= 11 is 0. The quantitative estimate of drug-likeness (QED) is 0.810. The van der Waals surface area contributed by atoms with Crippen LogP contribution in [0.4, 0.5) is 10.1 Å². The number of aromatic nitrogens is 2. The first kappa shape index (κ1) is 14.7. The second-order valence-corrected chi connectivity index (χ2v) is 5.01. The van der Waals surface area contributed by atoms with Gasteiger partial charge >= 0.3 is 0 Å². The smallest absolute Gasteiger partial charge is 0.265 e. The Labute approximate surface area is 130 Å². The number of H-pyrrole nitrogens is 1. The summed E-state index contributed by atoms with van der Waals surface area (Å²) in [6.07, 6.45) is 7.34. The van der Waals surface area contributed by atoms with E-state index in [1.165, 1.54) is 24.4 Å². The van der Waals surface area contributed by atoms with Gasteiger partial charge in [-0.05, 0) is 30.7 Å². The second-order valence-electron chi connectivity index (χ2n) is 5.01. The lowest BCUT2D eigenvalue weighted by Gasteiger charge is -2.06. The fraction of sp³-hybridized carbons (Fsp3) is 0.0625. The van der Waals surface area contributed by atoms with Crippen LogP contribution in [0.25, 0.3) is 11.0 Å². The Hall–Kier alpha value is -3.22. The van der Waals surface area contributed by atoms with Gasteiger partial charge < -0.3 is 16.0 Å². The first-order chi connectivity index (χ1) is 11.0. The zero-order valence-electron chi connectivity index (χ0n) is 12.0. The Morgan fingerprint density at radius 1 is 1.35 bits per heavy atom. The molecule has 0 spiro atoms. The van der Waals surface area contributed by atoms with Gasteiger partial charge in [0.25, 0.3) is 11.8 Å². The molecule has 4 N–H and O–H groups in total. The van der Waals surface area contributed by atoms with E-state index in [0.29, 0.717) is 22.3 Å². The van der Waals surface area contributed by atoms with Crippen molar-refractivity contribution in [2.75, 3.05) is 5.32 Å². The maximum atomic E-state index is 13.1. The van der Waals surface area contributed by atoms with E-state index >= 15 is 0 Å². The molecule has 0 atom stereocenters. The highest BCUT2D eigenvalue weighted by atomic mass is 19.1. The molecule has 0 saturated carbocycles. The standard InChI is InChI=1S/C16H13FN4O2/c17-11-3-1-2-9(4-5-11)16(23)20-12-6-10-7-13(14(18)22)21-15(10)19-8-12/h1-3,5-8H,4H2,(H2,18,22)(H,19,21)(H,20,23). The summed E-state index contributed by atoms with van der Waals surface area (Å²) in [6.45, 7) is 0. The van der Waals surface area contributed by atoms with Crippen molar-refractivity contribution in [1.29, 1.82) is 0 Å². The number of hydrogen-bond donors (Lipinski definition) is 3. The van der Waals surface area contributed by atoms with Crippen LogP contribution in [0.1, 0.15) is 16.9 Å². The number of fused-ring (bicyclic) bond motifs is 1. The molecule has 2 amide bonds. The minimum absolute atomic E-state index is 0.205. The van der Waals surface area contributed by atoms with Crippen molar-refractivity contribution >= 4 is 28.5 Å². The highest BCUT2D eigenvalue weighted by Crippen LogP contribution is 2.19. The number of allylic oxidation sites excluding steroid dienone is 5. The molecule has 1 aliphatic carbocycles. The zero-order chi connectivity index (χ0) is 16.4. The number of primary amides is 1. The molecular formula is C16H13FN4O2. The van der Waals surface area contributed by atoms with Crippen LogP contribution in [0.3, 0.4) is 0 Å². The van der Waals surface area contributed by atoms with Gasteiger partial charge in [-0.25, -0.2) is 9.37 Å². The molecule has 6 nitrogen and oxygen atoms in total. The molecule has 0 fully saturated rings. The van der Waals surface area contributed by atoms with Crippen molar-refractivity contribution in [3.8, 4) is 0 Å². The minimum atomic E-state index is -0.585. The Morgan fingerprint density at radius 2 is 2.17 bits per heavy atom. The van der Waals surface area contributed by atoms with Crippen molar-refractivity contribution in [2.24, 2.45) is 5.73 Å². The van der Waals surface area contributed by atoms with Crippen molar-refractivity contribution < 1.29 is 14.0 Å². The highest BCUT2D eigenvalue weighted by Gasteiger charge is 2.12. The van der Waals surface area contributed by atoms with Crippen LogP contribution >= 0.6 is 0 Å². The molecule has 0 unspecified atom stereocenters. The zero-order valence-corrected chi connectivity index (χ0v) is 12.0. The van der Waals surface area contributed by atoms with Crippen molar-refractivity contribution in [1.82, 2.24) is 9.97 Å². The Morgan fingerprint density at radius 3 is 2.96 bits per heavy atom. The average Bonchev–Trinajstić information content (AvgIpc) is 2.82. The van der Waals surface area contributed by atoms with Crippen LogP contribution < -0.4 is 11.1 Å². The van der Waals surface area contributed by atoms with Crippen LogP contribution in [0.2, 0.25) is 0 Å². The first-order valence-corrected chi connectivity index (χ1v) is 6.86. The number of nitrogens with one attached hydrogen (secondary N) is 2. The molecule has 23 heavy (non-hydrogen) atoms. The second kappa shape index (κ2) is 5.88. The van der Waals surface area contributed by atoms with Gasteiger partial charge in [-0.15, -0.1) is 0 Å². The summed E-state index contributed by atoms with van der Waals surface area (Å²) in [5.74, 6) is -1.30. The summed E-state index contributed by atoms with van der Waals surface area (Å²) < 4.78 is 13.1. The van der Waals surface area contributed by atoms with Crippen LogP contribution in [0.5, 0.6) is 0 Å². The maximum Gasteiger partial charge on any atom is 0.265 e. The summed E-state index contributed by atoms with van der Waals surface area (Å²) in [7, 11) is 0. The van der Waals surface area contributed by atoms with E-state index in [1.54, 1.807) is 18.2 Å². The number of aromatic amines is 1. The van der Waals surface area contributed by atoms with Crippen LogP contribution in [0, 0.1) is 0 Å². The average molecular weight is 312 g/mol. The Bertz CT molecular complexity index is 890. The van der Waals surface area contributed by atoms with E-state index in [2.05, 4.69) is 15.3 Å². The lowest BCUT2D eigenvalue weighted by Crippen LogP contribution is -2.14. The molecule has 2 heterocycles. The molecule has 0 saturated heterocycles. The van der Waals surface area contributed by atoms with Crippen LogP contribution in [-0.4, -0.2) is 21.8 Å². The minimum Gasteiger partial charge on any atom is -0.364 e. The third kappa shape index (κ3) is 3.18. The number of nitrogens with zero attached hydrogens (tertiary/aromatic N) is 1. The van der Waals surface area contributed by atoms with E-state index < -0.39 is 5.91 Å². The van der Waals surface area contributed by atoms with Gasteiger partial charge in [0.05, 0.1) is 11.9 Å². The fourth-order valence-corrected chi connectivity index (χ4v) is 2.20. The molecule has 0 bridgehead atoms. The van der Waals surface area contributed by atoms with Gasteiger partial charge in [0.1, 0.15) is 17.2 Å². The molecule has 2 aromatic heterocycles. The van der Waals surface area contributed by atoms with Gasteiger partial charge in [-0.2, -0.15) is 0 Å². The van der Waals surface area contributed by atoms with Crippen molar-refractivity contribution in [3.63, 3.8) is 0 Å². The van der Waals surface area contributed by atoms with E-state index in [-0.39, 0.29) is 23.8 Å². The number of anilines is 1. The normalized spacial score (nSPS) is 14.1. The van der Waals surface area contributed by atoms with Crippen LogP contribution in [0.15, 0.2) is 54.0 Å². The lowest BCUT2D eigenvalue weighted by atomic mass is 10.1.